The van der Waals surface area contributed by atoms with Gasteiger partial charge in [-0.25, -0.2) is 0 Å². The summed E-state index contributed by atoms with van der Waals surface area (Å²) in [6.45, 7) is 0.140. The Bertz CT molecular complexity index is 443. The number of rotatable bonds is 2. The largest absolute Gasteiger partial charge is 0.392 e. The summed E-state index contributed by atoms with van der Waals surface area (Å²) in [7, 11) is 0. The number of hydrogen-bond acceptors (Lipinski definition) is 3. The van der Waals surface area contributed by atoms with Gasteiger partial charge in [0, 0.05) is 12.1 Å². The summed E-state index contributed by atoms with van der Waals surface area (Å²) >= 11 is 0. The average Bonchev–Trinajstić information content (AvgIpc) is 2.41. The fourth-order valence-corrected chi connectivity index (χ4v) is 1.13. The molecule has 4 heteroatoms. The first-order valence-electron chi connectivity index (χ1n) is 5.08. The first-order chi connectivity index (χ1) is 8.24. The molecule has 0 saturated heterocycles. The molecule has 0 radical (unpaired) electrons. The van der Waals surface area contributed by atoms with E-state index < -0.39 is 4.92 Å². The molecule has 0 atom stereocenters. The molecule has 2 aromatic carbocycles. The van der Waals surface area contributed by atoms with E-state index >= 15 is 0 Å². The molecule has 0 heterocycles. The van der Waals surface area contributed by atoms with Gasteiger partial charge in [-0.15, -0.1) is 0 Å². The highest BCUT2D eigenvalue weighted by molar-refractivity contribution is 5.28. The van der Waals surface area contributed by atoms with Gasteiger partial charge in [-0.3, -0.25) is 10.1 Å². The van der Waals surface area contributed by atoms with Crippen LogP contribution in [-0.4, -0.2) is 10.0 Å². The second kappa shape index (κ2) is 7.14. The van der Waals surface area contributed by atoms with Crippen molar-refractivity contribution in [2.45, 2.75) is 6.61 Å². The van der Waals surface area contributed by atoms with Crippen molar-refractivity contribution in [1.82, 2.24) is 0 Å². The first-order valence-corrected chi connectivity index (χ1v) is 5.08. The van der Waals surface area contributed by atoms with Crippen molar-refractivity contribution in [3.05, 3.63) is 76.3 Å². The molecule has 2 aromatic rings. The van der Waals surface area contributed by atoms with Gasteiger partial charge >= 0.3 is 0 Å². The number of nitro groups is 1. The highest BCUT2D eigenvalue weighted by Gasteiger charge is 1.98. The van der Waals surface area contributed by atoms with E-state index in [2.05, 4.69) is 0 Å². The lowest BCUT2D eigenvalue weighted by Crippen LogP contribution is -1.84. The van der Waals surface area contributed by atoms with E-state index in [1.165, 1.54) is 12.1 Å². The minimum absolute atomic E-state index is 0.137. The molecule has 0 spiro atoms. The second-order valence-corrected chi connectivity index (χ2v) is 3.24. The quantitative estimate of drug-likeness (QED) is 0.638. The maximum atomic E-state index is 10.0. The number of non-ortho nitro benzene ring substituents is 1. The molecule has 1 N–H and O–H groups in total. The van der Waals surface area contributed by atoms with E-state index in [0.29, 0.717) is 0 Å². The Morgan fingerprint density at radius 2 is 1.41 bits per heavy atom. The van der Waals surface area contributed by atoms with Crippen LogP contribution in [0, 0.1) is 10.1 Å². The van der Waals surface area contributed by atoms with E-state index in [-0.39, 0.29) is 12.3 Å². The zero-order valence-corrected chi connectivity index (χ0v) is 9.19. The van der Waals surface area contributed by atoms with Crippen LogP contribution < -0.4 is 0 Å². The second-order valence-electron chi connectivity index (χ2n) is 3.24. The highest BCUT2D eigenvalue weighted by atomic mass is 16.6. The molecule has 0 fully saturated rings. The average molecular weight is 231 g/mol. The van der Waals surface area contributed by atoms with Crippen LogP contribution in [0.5, 0.6) is 0 Å². The highest BCUT2D eigenvalue weighted by Crippen LogP contribution is 2.06. The van der Waals surface area contributed by atoms with Gasteiger partial charge in [0.05, 0.1) is 11.5 Å². The van der Waals surface area contributed by atoms with Crippen molar-refractivity contribution in [1.29, 1.82) is 0 Å². The minimum Gasteiger partial charge on any atom is -0.392 e. The third-order valence-corrected chi connectivity index (χ3v) is 1.99. The Hall–Kier alpha value is -2.20. The molecule has 0 saturated carbocycles. The summed E-state index contributed by atoms with van der Waals surface area (Å²) in [6.07, 6.45) is 0. The Kier molecular flexibility index (Phi) is 5.40. The van der Waals surface area contributed by atoms with E-state index in [1.54, 1.807) is 18.2 Å². The van der Waals surface area contributed by atoms with E-state index in [1.807, 2.05) is 30.3 Å². The SMILES string of the molecule is O=[N+]([O-])c1ccccc1.OCc1ccccc1. The van der Waals surface area contributed by atoms with Gasteiger partial charge in [0.2, 0.25) is 0 Å². The predicted octanol–water partition coefficient (Wildman–Crippen LogP) is 2.77. The molecule has 2 rings (SSSR count). The maximum Gasteiger partial charge on any atom is 0.269 e. The Morgan fingerprint density at radius 3 is 1.71 bits per heavy atom. The van der Waals surface area contributed by atoms with Crippen molar-refractivity contribution < 1.29 is 10.0 Å². The maximum absolute atomic E-state index is 10.0. The Labute approximate surface area is 99.3 Å². The third kappa shape index (κ3) is 4.90. The van der Waals surface area contributed by atoms with Crippen LogP contribution in [0.4, 0.5) is 5.69 Å². The standard InChI is InChI=1S/C7H8O.C6H5NO2/c8-6-7-4-2-1-3-5-7;8-7(9)6-4-2-1-3-5-6/h1-5,8H,6H2;1-5H. The van der Waals surface area contributed by atoms with Gasteiger partial charge in [-0.05, 0) is 5.56 Å². The predicted molar refractivity (Wildman–Crippen MR) is 65.5 cm³/mol. The van der Waals surface area contributed by atoms with Crippen molar-refractivity contribution >= 4 is 5.69 Å². The van der Waals surface area contributed by atoms with Crippen molar-refractivity contribution in [3.63, 3.8) is 0 Å². The zero-order valence-electron chi connectivity index (χ0n) is 9.19. The summed E-state index contributed by atoms with van der Waals surface area (Å²) in [5.41, 5.74) is 1.10. The molecular formula is C13H13NO3. The smallest absolute Gasteiger partial charge is 0.269 e. The topological polar surface area (TPSA) is 63.4 Å². The molecule has 17 heavy (non-hydrogen) atoms. The van der Waals surface area contributed by atoms with Gasteiger partial charge in [0.15, 0.2) is 0 Å². The zero-order chi connectivity index (χ0) is 12.5. The number of nitrogens with zero attached hydrogens (tertiary/aromatic N) is 1. The lowest BCUT2D eigenvalue weighted by atomic mass is 10.2. The van der Waals surface area contributed by atoms with Crippen LogP contribution in [0.2, 0.25) is 0 Å². The molecule has 4 nitrogen and oxygen atoms in total. The molecule has 0 aliphatic heterocycles. The number of aliphatic hydroxyl groups is 1. The monoisotopic (exact) mass is 231 g/mol. The van der Waals surface area contributed by atoms with Crippen LogP contribution in [-0.2, 0) is 6.61 Å². The van der Waals surface area contributed by atoms with E-state index in [9.17, 15) is 10.1 Å². The number of hydrogen-bond donors (Lipinski definition) is 1. The van der Waals surface area contributed by atoms with Crippen molar-refractivity contribution in [3.8, 4) is 0 Å². The van der Waals surface area contributed by atoms with Crippen molar-refractivity contribution in [2.24, 2.45) is 0 Å². The summed E-state index contributed by atoms with van der Waals surface area (Å²) in [4.78, 5) is 9.59. The fourth-order valence-electron chi connectivity index (χ4n) is 1.13. The summed E-state index contributed by atoms with van der Waals surface area (Å²) in [5, 5.41) is 18.5. The van der Waals surface area contributed by atoms with Gasteiger partial charge in [-0.2, -0.15) is 0 Å². The number of aliphatic hydroxyl groups excluding tert-OH is 1. The molecule has 88 valence electrons. The van der Waals surface area contributed by atoms with Crippen molar-refractivity contribution in [2.75, 3.05) is 0 Å². The van der Waals surface area contributed by atoms with Gasteiger partial charge < -0.3 is 5.11 Å². The molecule has 0 bridgehead atoms. The summed E-state index contributed by atoms with van der Waals surface area (Å²) in [6, 6.07) is 17.5. The molecule has 0 amide bonds. The Balaban J connectivity index is 0.000000171. The number of para-hydroxylation sites is 1. The van der Waals surface area contributed by atoms with Crippen LogP contribution in [0.1, 0.15) is 5.56 Å². The Morgan fingerprint density at radius 1 is 0.941 bits per heavy atom. The summed E-state index contributed by atoms with van der Waals surface area (Å²) < 4.78 is 0. The van der Waals surface area contributed by atoms with Crippen LogP contribution in [0.3, 0.4) is 0 Å². The third-order valence-electron chi connectivity index (χ3n) is 1.99. The first kappa shape index (κ1) is 12.9. The molecular weight excluding hydrogens is 218 g/mol. The molecule has 0 unspecified atom stereocenters. The lowest BCUT2D eigenvalue weighted by molar-refractivity contribution is -0.384. The van der Waals surface area contributed by atoms with E-state index in [4.69, 9.17) is 5.11 Å². The van der Waals surface area contributed by atoms with Gasteiger partial charge in [-0.1, -0.05) is 48.5 Å². The molecule has 0 aromatic heterocycles. The number of nitro benzene ring substituents is 1. The van der Waals surface area contributed by atoms with E-state index in [0.717, 1.165) is 5.56 Å². The normalized spacial score (nSPS) is 9.00. The van der Waals surface area contributed by atoms with Crippen LogP contribution in [0.15, 0.2) is 60.7 Å². The van der Waals surface area contributed by atoms with Gasteiger partial charge in [0.1, 0.15) is 0 Å². The molecule has 0 aliphatic rings. The molecule has 0 aliphatic carbocycles. The summed E-state index contributed by atoms with van der Waals surface area (Å²) in [5.74, 6) is 0. The van der Waals surface area contributed by atoms with Crippen LogP contribution in [0.25, 0.3) is 0 Å². The fraction of sp³-hybridized carbons (Fsp3) is 0.0769. The van der Waals surface area contributed by atoms with Gasteiger partial charge in [0.25, 0.3) is 5.69 Å². The number of benzene rings is 2. The minimum atomic E-state index is -0.417. The lowest BCUT2D eigenvalue weighted by Gasteiger charge is -1.89. The van der Waals surface area contributed by atoms with Crippen LogP contribution >= 0.6 is 0 Å².